The third-order valence-electron chi connectivity index (χ3n) is 4.06. The fraction of sp³-hybridized carbons (Fsp3) is 0.150. The first-order valence-corrected chi connectivity index (χ1v) is 9.72. The number of hydrogen-bond acceptors (Lipinski definition) is 7. The molecule has 0 fully saturated rings. The minimum atomic E-state index is -0.0949. The zero-order valence-electron chi connectivity index (χ0n) is 15.3. The zero-order valence-corrected chi connectivity index (χ0v) is 16.1. The molecule has 4 heterocycles. The van der Waals surface area contributed by atoms with Crippen LogP contribution in [-0.2, 0) is 11.3 Å². The van der Waals surface area contributed by atoms with Crippen molar-refractivity contribution in [3.05, 3.63) is 60.8 Å². The highest BCUT2D eigenvalue weighted by Gasteiger charge is 2.16. The van der Waals surface area contributed by atoms with Crippen molar-refractivity contribution in [3.63, 3.8) is 0 Å². The van der Waals surface area contributed by atoms with Gasteiger partial charge in [-0.1, -0.05) is 17.7 Å². The van der Waals surface area contributed by atoms with Gasteiger partial charge in [-0.15, -0.1) is 16.6 Å². The molecule has 0 aliphatic heterocycles. The van der Waals surface area contributed by atoms with E-state index in [1.165, 1.54) is 11.8 Å². The van der Waals surface area contributed by atoms with Crippen LogP contribution < -0.4 is 0 Å². The molecule has 8 nitrogen and oxygen atoms in total. The number of terminal acetylenes is 1. The van der Waals surface area contributed by atoms with Crippen molar-refractivity contribution in [1.82, 2.24) is 29.7 Å². The predicted molar refractivity (Wildman–Crippen MR) is 108 cm³/mol. The Hall–Kier alpha value is -3.64. The van der Waals surface area contributed by atoms with Crippen molar-refractivity contribution in [1.29, 1.82) is 0 Å². The van der Waals surface area contributed by atoms with Gasteiger partial charge in [0.1, 0.15) is 10.8 Å². The molecule has 4 aromatic heterocycles. The van der Waals surface area contributed by atoms with Crippen LogP contribution in [0.3, 0.4) is 0 Å². The molecule has 1 amide bonds. The van der Waals surface area contributed by atoms with E-state index in [0.29, 0.717) is 28.8 Å². The average Bonchev–Trinajstić information content (AvgIpc) is 3.42. The second-order valence-electron chi connectivity index (χ2n) is 6.03. The monoisotopic (exact) mass is 404 g/mol. The summed E-state index contributed by atoms with van der Waals surface area (Å²) in [5, 5.41) is 13.6. The number of pyridine rings is 1. The Bertz CT molecular complexity index is 1150. The van der Waals surface area contributed by atoms with Gasteiger partial charge in [-0.05, 0) is 36.4 Å². The number of rotatable bonds is 7. The number of thioether (sulfide) groups is 1. The molecule has 0 atom stereocenters. The van der Waals surface area contributed by atoms with Crippen LogP contribution in [0.1, 0.15) is 5.76 Å². The molecular formula is C20H16N6O2S. The standard InChI is InChI=1S/C20H16N6O2S/c1-2-10-25(13-16-6-4-11-28-16)19(27)14-29-18-8-7-17-22-23-20(26(17)24-18)15-5-3-9-21-12-15/h1,3-9,11-12H,10,13-14H2. The number of aromatic nitrogens is 5. The van der Waals surface area contributed by atoms with Gasteiger partial charge in [-0.25, -0.2) is 0 Å². The first kappa shape index (κ1) is 18.7. The van der Waals surface area contributed by atoms with Crippen LogP contribution in [0.5, 0.6) is 0 Å². The molecular weight excluding hydrogens is 388 g/mol. The van der Waals surface area contributed by atoms with Crippen LogP contribution in [0.15, 0.2) is 64.5 Å². The number of hydrogen-bond donors (Lipinski definition) is 0. The van der Waals surface area contributed by atoms with Gasteiger partial charge >= 0.3 is 0 Å². The predicted octanol–water partition coefficient (Wildman–Crippen LogP) is 2.53. The van der Waals surface area contributed by atoms with Crippen molar-refractivity contribution in [2.24, 2.45) is 0 Å². The Morgan fingerprint density at radius 1 is 1.24 bits per heavy atom. The summed E-state index contributed by atoms with van der Waals surface area (Å²) in [6, 6.07) is 10.9. The highest BCUT2D eigenvalue weighted by molar-refractivity contribution is 7.99. The maximum absolute atomic E-state index is 12.6. The summed E-state index contributed by atoms with van der Waals surface area (Å²) in [4.78, 5) is 18.3. The lowest BCUT2D eigenvalue weighted by Crippen LogP contribution is -2.32. The molecule has 0 aliphatic rings. The molecule has 0 unspecified atom stereocenters. The molecule has 0 bridgehead atoms. The summed E-state index contributed by atoms with van der Waals surface area (Å²) >= 11 is 1.32. The number of furan rings is 1. The van der Waals surface area contributed by atoms with E-state index in [1.807, 2.05) is 30.3 Å². The molecule has 0 N–H and O–H groups in total. The molecule has 4 rings (SSSR count). The van der Waals surface area contributed by atoms with Gasteiger partial charge in [0.2, 0.25) is 5.91 Å². The van der Waals surface area contributed by atoms with Gasteiger partial charge in [-0.2, -0.15) is 9.61 Å². The van der Waals surface area contributed by atoms with Gasteiger partial charge in [-0.3, -0.25) is 9.78 Å². The van der Waals surface area contributed by atoms with Crippen molar-refractivity contribution in [2.75, 3.05) is 12.3 Å². The summed E-state index contributed by atoms with van der Waals surface area (Å²) < 4.78 is 6.96. The quantitative estimate of drug-likeness (QED) is 0.345. The van der Waals surface area contributed by atoms with E-state index in [4.69, 9.17) is 10.8 Å². The van der Waals surface area contributed by atoms with Gasteiger partial charge in [0.05, 0.1) is 25.1 Å². The second kappa shape index (κ2) is 8.58. The smallest absolute Gasteiger partial charge is 0.234 e. The van der Waals surface area contributed by atoms with E-state index in [0.717, 1.165) is 5.56 Å². The lowest BCUT2D eigenvalue weighted by Gasteiger charge is -2.18. The second-order valence-corrected chi connectivity index (χ2v) is 7.02. The Morgan fingerprint density at radius 3 is 2.93 bits per heavy atom. The molecule has 9 heteroatoms. The molecule has 4 aromatic rings. The largest absolute Gasteiger partial charge is 0.467 e. The maximum Gasteiger partial charge on any atom is 0.234 e. The fourth-order valence-corrected chi connectivity index (χ4v) is 3.44. The van der Waals surface area contributed by atoms with Gasteiger partial charge in [0, 0.05) is 18.0 Å². The molecule has 0 saturated heterocycles. The van der Waals surface area contributed by atoms with E-state index in [1.54, 1.807) is 34.1 Å². The van der Waals surface area contributed by atoms with E-state index >= 15 is 0 Å². The summed E-state index contributed by atoms with van der Waals surface area (Å²) in [6.45, 7) is 0.544. The lowest BCUT2D eigenvalue weighted by molar-refractivity contribution is -0.128. The van der Waals surface area contributed by atoms with Crippen molar-refractivity contribution < 1.29 is 9.21 Å². The number of carbonyl (C=O) groups excluding carboxylic acids is 1. The van der Waals surface area contributed by atoms with Crippen LogP contribution in [-0.4, -0.2) is 47.9 Å². The van der Waals surface area contributed by atoms with Crippen LogP contribution >= 0.6 is 11.8 Å². The van der Waals surface area contributed by atoms with E-state index in [2.05, 4.69) is 26.2 Å². The number of nitrogens with zero attached hydrogens (tertiary/aromatic N) is 6. The SMILES string of the molecule is C#CCN(Cc1ccco1)C(=O)CSc1ccc2nnc(-c3cccnc3)n2n1. The summed E-state index contributed by atoms with van der Waals surface area (Å²) in [5.74, 6) is 3.90. The van der Waals surface area contributed by atoms with Crippen LogP contribution in [0, 0.1) is 12.3 Å². The van der Waals surface area contributed by atoms with E-state index in [9.17, 15) is 4.79 Å². The number of amides is 1. The van der Waals surface area contributed by atoms with Gasteiger partial charge in [0.25, 0.3) is 0 Å². The normalized spacial score (nSPS) is 10.7. The molecule has 144 valence electrons. The first-order chi connectivity index (χ1) is 14.2. The molecule has 0 spiro atoms. The van der Waals surface area contributed by atoms with Gasteiger partial charge in [0.15, 0.2) is 11.5 Å². The minimum Gasteiger partial charge on any atom is -0.467 e. The van der Waals surface area contributed by atoms with Crippen molar-refractivity contribution >= 4 is 23.3 Å². The molecule has 0 saturated carbocycles. The Morgan fingerprint density at radius 2 is 2.17 bits per heavy atom. The summed E-state index contributed by atoms with van der Waals surface area (Å²) in [5.41, 5.74) is 1.43. The first-order valence-electron chi connectivity index (χ1n) is 8.74. The summed E-state index contributed by atoms with van der Waals surface area (Å²) in [6.07, 6.45) is 10.4. The Balaban J connectivity index is 1.49. The number of carbonyl (C=O) groups is 1. The van der Waals surface area contributed by atoms with Gasteiger partial charge < -0.3 is 9.32 Å². The number of fused-ring (bicyclic) bond motifs is 1. The summed E-state index contributed by atoms with van der Waals surface area (Å²) in [7, 11) is 0. The van der Waals surface area contributed by atoms with E-state index < -0.39 is 0 Å². The third kappa shape index (κ3) is 4.28. The van der Waals surface area contributed by atoms with Crippen molar-refractivity contribution in [3.8, 4) is 23.7 Å². The van der Waals surface area contributed by atoms with Crippen molar-refractivity contribution in [2.45, 2.75) is 11.6 Å². The highest BCUT2D eigenvalue weighted by atomic mass is 32.2. The van der Waals surface area contributed by atoms with Crippen LogP contribution in [0.4, 0.5) is 0 Å². The third-order valence-corrected chi connectivity index (χ3v) is 4.97. The Kier molecular flexibility index (Phi) is 5.54. The average molecular weight is 404 g/mol. The fourth-order valence-electron chi connectivity index (χ4n) is 2.68. The Labute approximate surface area is 171 Å². The molecule has 29 heavy (non-hydrogen) atoms. The van der Waals surface area contributed by atoms with Crippen LogP contribution in [0.2, 0.25) is 0 Å². The topological polar surface area (TPSA) is 89.4 Å². The van der Waals surface area contributed by atoms with E-state index in [-0.39, 0.29) is 18.2 Å². The lowest BCUT2D eigenvalue weighted by atomic mass is 10.3. The van der Waals surface area contributed by atoms with Crippen LogP contribution in [0.25, 0.3) is 17.0 Å². The maximum atomic E-state index is 12.6. The molecule has 0 radical (unpaired) electrons. The molecule has 0 aromatic carbocycles. The minimum absolute atomic E-state index is 0.0949. The zero-order chi connectivity index (χ0) is 20.1. The molecule has 0 aliphatic carbocycles. The highest BCUT2D eigenvalue weighted by Crippen LogP contribution is 2.20.